The number of aliphatic hydroxyl groups excluding tert-OH is 6. The molecule has 298 valence electrons. The molecule has 14 N–H and O–H groups in total. The zero-order valence-corrected chi connectivity index (χ0v) is 28.7. The molecule has 0 saturated carbocycles. The molecule has 2 saturated heterocycles. The summed E-state index contributed by atoms with van der Waals surface area (Å²) in [5, 5.41) is 64.5. The fourth-order valence-electron chi connectivity index (χ4n) is 4.95. The number of hydrazine groups is 1. The highest BCUT2D eigenvalue weighted by atomic mass is 16.7. The molecular formula is C28H50N8O16. The van der Waals surface area contributed by atoms with Crippen LogP contribution in [0.5, 0.6) is 0 Å². The van der Waals surface area contributed by atoms with Crippen molar-refractivity contribution in [1.29, 1.82) is 0 Å². The lowest BCUT2D eigenvalue weighted by Gasteiger charge is -2.38. The molecule has 2 fully saturated rings. The lowest BCUT2D eigenvalue weighted by atomic mass is 10.0. The van der Waals surface area contributed by atoms with Crippen LogP contribution >= 0.6 is 0 Å². The van der Waals surface area contributed by atoms with E-state index in [-0.39, 0.29) is 26.3 Å². The number of amides is 6. The number of rotatable bonds is 20. The van der Waals surface area contributed by atoms with Crippen molar-refractivity contribution in [2.45, 2.75) is 75.3 Å². The summed E-state index contributed by atoms with van der Waals surface area (Å²) in [7, 11) is 0. The maximum absolute atomic E-state index is 12.7. The smallest absolute Gasteiger partial charge is 0.252 e. The van der Waals surface area contributed by atoms with Gasteiger partial charge in [0.2, 0.25) is 23.6 Å². The molecule has 24 heteroatoms. The Morgan fingerprint density at radius 3 is 1.21 bits per heavy atom. The third-order valence-electron chi connectivity index (χ3n) is 7.60. The van der Waals surface area contributed by atoms with Crippen molar-refractivity contribution < 1.29 is 78.4 Å². The van der Waals surface area contributed by atoms with Gasteiger partial charge >= 0.3 is 0 Å². The molecule has 2 aliphatic heterocycles. The minimum absolute atomic E-state index is 0.134. The molecule has 6 amide bonds. The summed E-state index contributed by atoms with van der Waals surface area (Å²) in [5.41, 5.74) is 14.4. The van der Waals surface area contributed by atoms with Gasteiger partial charge in [0.15, 0.2) is 12.6 Å². The van der Waals surface area contributed by atoms with Crippen molar-refractivity contribution in [3.8, 4) is 0 Å². The highest BCUT2D eigenvalue weighted by Crippen LogP contribution is 2.22. The fraction of sp³-hybridized carbons (Fsp3) is 0.786. The van der Waals surface area contributed by atoms with Gasteiger partial charge in [0.1, 0.15) is 36.6 Å². The van der Waals surface area contributed by atoms with Crippen LogP contribution in [0.25, 0.3) is 0 Å². The first-order valence-corrected chi connectivity index (χ1v) is 16.1. The van der Waals surface area contributed by atoms with Gasteiger partial charge in [-0.3, -0.25) is 49.4 Å². The maximum Gasteiger partial charge on any atom is 0.252 e. The van der Waals surface area contributed by atoms with Gasteiger partial charge in [0.05, 0.1) is 64.7 Å². The van der Waals surface area contributed by atoms with Gasteiger partial charge in [-0.25, -0.2) is 0 Å². The number of hydrogen-bond acceptors (Lipinski definition) is 18. The Kier molecular flexibility index (Phi) is 18.6. The summed E-state index contributed by atoms with van der Waals surface area (Å²) in [5.74, 6) is -4.79. The Balaban J connectivity index is 1.91. The zero-order chi connectivity index (χ0) is 39.1. The summed E-state index contributed by atoms with van der Waals surface area (Å²) < 4.78 is 21.3. The predicted octanol–water partition coefficient (Wildman–Crippen LogP) is -9.37. The van der Waals surface area contributed by atoms with Crippen LogP contribution in [0.2, 0.25) is 0 Å². The molecule has 0 bridgehead atoms. The first-order valence-electron chi connectivity index (χ1n) is 16.1. The molecule has 24 nitrogen and oxygen atoms in total. The number of nitrogens with two attached hydrogens (primary N) is 2. The van der Waals surface area contributed by atoms with E-state index in [2.05, 4.69) is 21.5 Å². The highest BCUT2D eigenvalue weighted by molar-refractivity contribution is 5.87. The third-order valence-corrected chi connectivity index (χ3v) is 7.60. The molecule has 0 aromatic carbocycles. The summed E-state index contributed by atoms with van der Waals surface area (Å²) in [4.78, 5) is 74.9. The van der Waals surface area contributed by atoms with Gasteiger partial charge in [0.25, 0.3) is 11.8 Å². The van der Waals surface area contributed by atoms with E-state index in [1.165, 1.54) is 13.8 Å². The summed E-state index contributed by atoms with van der Waals surface area (Å²) in [6, 6.07) is 0. The highest BCUT2D eigenvalue weighted by Gasteiger charge is 2.43. The van der Waals surface area contributed by atoms with Gasteiger partial charge in [-0.15, -0.1) is 0 Å². The average Bonchev–Trinajstić information content (AvgIpc) is 3.05. The molecule has 2 rings (SSSR count). The van der Waals surface area contributed by atoms with Gasteiger partial charge < -0.3 is 71.7 Å². The van der Waals surface area contributed by atoms with Crippen LogP contribution in [0.4, 0.5) is 0 Å². The second-order valence-electron chi connectivity index (χ2n) is 12.1. The van der Waals surface area contributed by atoms with Gasteiger partial charge in [0, 0.05) is 13.1 Å². The van der Waals surface area contributed by atoms with E-state index in [4.69, 9.17) is 30.4 Å². The van der Waals surface area contributed by atoms with Crippen molar-refractivity contribution in [2.24, 2.45) is 11.5 Å². The number of primary amides is 2. The molecule has 10 atom stereocenters. The molecular weight excluding hydrogens is 704 g/mol. The quantitative estimate of drug-likeness (QED) is 0.0405. The first-order chi connectivity index (χ1) is 24.4. The number of nitrogens with zero attached hydrogens (tertiary/aromatic N) is 2. The summed E-state index contributed by atoms with van der Waals surface area (Å²) in [6.07, 6.45) is -13.1. The van der Waals surface area contributed by atoms with Crippen molar-refractivity contribution >= 4 is 35.4 Å². The van der Waals surface area contributed by atoms with E-state index in [9.17, 15) is 59.4 Å². The zero-order valence-electron chi connectivity index (χ0n) is 28.7. The molecule has 0 spiro atoms. The number of carbonyl (C=O) groups excluding carboxylic acids is 6. The lowest BCUT2D eigenvalue weighted by Crippen LogP contribution is -2.57. The SMILES string of the molecule is C[C@@H]1O[C@@H](OCCNC(=O)CN(CC(=O)NCCO[C@@H]2O[C@@H](C)[C@@H](O)[C@@H](O)[C@@H]2O)CC(=O)NNC(=O)CN(CC(N)=O)CC(N)=O)[C@@H](O)[C@@H](O)[C@@H]1O. The van der Waals surface area contributed by atoms with Crippen LogP contribution in [0.1, 0.15) is 13.8 Å². The van der Waals surface area contributed by atoms with E-state index < -0.39 is 136 Å². The number of ether oxygens (including phenoxy) is 4. The predicted molar refractivity (Wildman–Crippen MR) is 170 cm³/mol. The van der Waals surface area contributed by atoms with E-state index >= 15 is 0 Å². The Morgan fingerprint density at radius 2 is 0.865 bits per heavy atom. The monoisotopic (exact) mass is 754 g/mol. The molecule has 0 aliphatic carbocycles. The maximum atomic E-state index is 12.7. The summed E-state index contributed by atoms with van der Waals surface area (Å²) in [6.45, 7) is -0.907. The number of carbonyl (C=O) groups is 6. The summed E-state index contributed by atoms with van der Waals surface area (Å²) >= 11 is 0. The second-order valence-corrected chi connectivity index (χ2v) is 12.1. The topological polar surface area (TPSA) is 367 Å². The second kappa shape index (κ2) is 21.8. The Hall–Kier alpha value is -3.66. The van der Waals surface area contributed by atoms with Crippen LogP contribution in [-0.4, -0.2) is 203 Å². The van der Waals surface area contributed by atoms with Crippen LogP contribution < -0.4 is 33.0 Å². The molecule has 52 heavy (non-hydrogen) atoms. The average molecular weight is 755 g/mol. The number of nitrogens with one attached hydrogen (secondary N) is 4. The molecule has 2 aliphatic rings. The van der Waals surface area contributed by atoms with Gasteiger partial charge in [-0.1, -0.05) is 0 Å². The molecule has 0 aromatic heterocycles. The van der Waals surface area contributed by atoms with Crippen molar-refractivity contribution in [2.75, 3.05) is 65.6 Å². The molecule has 0 aromatic rings. The normalized spacial score (nSPS) is 29.0. The Morgan fingerprint density at radius 1 is 0.538 bits per heavy atom. The fourth-order valence-corrected chi connectivity index (χ4v) is 4.95. The largest absolute Gasteiger partial charge is 0.388 e. The number of aliphatic hydroxyl groups is 6. The van der Waals surface area contributed by atoms with Gasteiger partial charge in [-0.05, 0) is 13.8 Å². The Labute approximate surface area is 297 Å². The van der Waals surface area contributed by atoms with Crippen molar-refractivity contribution in [1.82, 2.24) is 31.3 Å². The van der Waals surface area contributed by atoms with Crippen LogP contribution in [0, 0.1) is 0 Å². The van der Waals surface area contributed by atoms with Crippen LogP contribution in [0.15, 0.2) is 0 Å². The standard InChI is InChI=1S/C28H50N8O16/c1-13-21(43)23(45)25(47)27(51-13)49-5-3-31-17(39)9-36(12-20(42)34-33-19(41)11-35(7-15(29)37)8-16(30)38)10-18(40)32-4-6-50-28-26(48)24(46)22(44)14(2)52-28/h13-14,21-28,43-48H,3-12H2,1-2H3,(H2,29,37)(H2,30,38)(H,31,39)(H,32,40)(H,33,41)(H,34,42)/t13-,14-,21+,22+,23-,24+,25-,26-,27+,28+/m0/s1. The molecule has 0 radical (unpaired) electrons. The van der Waals surface area contributed by atoms with Crippen molar-refractivity contribution in [3.63, 3.8) is 0 Å². The lowest BCUT2D eigenvalue weighted by molar-refractivity contribution is -0.292. The van der Waals surface area contributed by atoms with E-state index in [1.54, 1.807) is 0 Å². The van der Waals surface area contributed by atoms with Gasteiger partial charge in [-0.2, -0.15) is 0 Å². The molecule has 2 heterocycles. The van der Waals surface area contributed by atoms with E-state index in [1.807, 2.05) is 0 Å². The molecule has 0 unspecified atom stereocenters. The minimum Gasteiger partial charge on any atom is -0.388 e. The Bertz CT molecular complexity index is 1150. The van der Waals surface area contributed by atoms with E-state index in [0.29, 0.717) is 0 Å². The van der Waals surface area contributed by atoms with Crippen LogP contribution in [0.3, 0.4) is 0 Å². The third kappa shape index (κ3) is 15.1. The minimum atomic E-state index is -1.56. The number of hydrogen-bond donors (Lipinski definition) is 12. The van der Waals surface area contributed by atoms with Crippen molar-refractivity contribution in [3.05, 3.63) is 0 Å². The first kappa shape index (κ1) is 44.5. The van der Waals surface area contributed by atoms with Crippen LogP contribution in [-0.2, 0) is 47.7 Å². The van der Waals surface area contributed by atoms with E-state index in [0.717, 1.165) is 9.80 Å².